The number of urea groups is 1. The van der Waals surface area contributed by atoms with Gasteiger partial charge in [-0.25, -0.2) is 4.79 Å². The van der Waals surface area contributed by atoms with Crippen LogP contribution in [0.1, 0.15) is 31.4 Å². The van der Waals surface area contributed by atoms with Crippen molar-refractivity contribution in [1.82, 2.24) is 10.6 Å². The third kappa shape index (κ3) is 4.19. The van der Waals surface area contributed by atoms with Crippen LogP contribution in [0.25, 0.3) is 0 Å². The van der Waals surface area contributed by atoms with Gasteiger partial charge in [0.1, 0.15) is 0 Å². The second-order valence-electron chi connectivity index (χ2n) is 5.87. The average Bonchev–Trinajstić information content (AvgIpc) is 3.32. The van der Waals surface area contributed by atoms with Crippen LogP contribution in [0, 0.1) is 5.92 Å². The summed E-state index contributed by atoms with van der Waals surface area (Å²) in [6.45, 7) is 2.24. The fraction of sp³-hybridized carbons (Fsp3) is 0.562. The summed E-state index contributed by atoms with van der Waals surface area (Å²) in [5, 5.41) is 15.4. The lowest BCUT2D eigenvalue weighted by atomic mass is 9.97. The smallest absolute Gasteiger partial charge is 0.315 e. The molecular weight excluding hydrogens is 268 g/mol. The number of hydrogen-bond donors (Lipinski definition) is 3. The van der Waals surface area contributed by atoms with E-state index >= 15 is 0 Å². The number of carbonyl (C=O) groups excluding carboxylic acids is 1. The lowest BCUT2D eigenvalue weighted by Crippen LogP contribution is -2.54. The summed E-state index contributed by atoms with van der Waals surface area (Å²) < 4.78 is 5.18. The average molecular weight is 292 g/mol. The van der Waals surface area contributed by atoms with E-state index in [1.807, 2.05) is 37.3 Å². The maximum absolute atomic E-state index is 12.2. The van der Waals surface area contributed by atoms with Crippen LogP contribution >= 0.6 is 0 Å². The molecule has 1 aliphatic carbocycles. The Morgan fingerprint density at radius 2 is 2.10 bits per heavy atom. The molecule has 2 unspecified atom stereocenters. The maximum atomic E-state index is 12.2. The summed E-state index contributed by atoms with van der Waals surface area (Å²) in [7, 11) is 1.61. The van der Waals surface area contributed by atoms with E-state index < -0.39 is 5.54 Å². The fourth-order valence-electron chi connectivity index (χ4n) is 2.52. The van der Waals surface area contributed by atoms with Crippen LogP contribution in [-0.4, -0.2) is 37.0 Å². The van der Waals surface area contributed by atoms with E-state index in [-0.39, 0.29) is 18.7 Å². The minimum Gasteiger partial charge on any atom is -0.394 e. The molecule has 21 heavy (non-hydrogen) atoms. The Balaban J connectivity index is 1.98. The van der Waals surface area contributed by atoms with Gasteiger partial charge in [0.15, 0.2) is 0 Å². The molecule has 1 fully saturated rings. The van der Waals surface area contributed by atoms with E-state index in [2.05, 4.69) is 10.6 Å². The molecule has 2 rings (SSSR count). The minimum atomic E-state index is -0.543. The molecule has 1 aliphatic rings. The molecular formula is C16H24N2O3. The van der Waals surface area contributed by atoms with E-state index in [1.54, 1.807) is 7.11 Å². The molecule has 0 radical (unpaired) electrons. The van der Waals surface area contributed by atoms with Crippen LogP contribution in [0.15, 0.2) is 30.3 Å². The van der Waals surface area contributed by atoms with Crippen molar-refractivity contribution in [3.8, 4) is 0 Å². The van der Waals surface area contributed by atoms with Gasteiger partial charge in [0.2, 0.25) is 0 Å². The third-order valence-electron chi connectivity index (χ3n) is 4.05. The molecule has 1 aromatic rings. The Morgan fingerprint density at radius 3 is 2.62 bits per heavy atom. The van der Waals surface area contributed by atoms with Gasteiger partial charge in [0.25, 0.3) is 0 Å². The molecule has 1 saturated carbocycles. The molecule has 0 bridgehead atoms. The highest BCUT2D eigenvalue weighted by atomic mass is 16.5. The zero-order valence-corrected chi connectivity index (χ0v) is 12.6. The number of aliphatic hydroxyl groups excluding tert-OH is 1. The largest absolute Gasteiger partial charge is 0.394 e. The van der Waals surface area contributed by atoms with Crippen molar-refractivity contribution >= 4 is 6.03 Å². The Labute approximate surface area is 125 Å². The summed E-state index contributed by atoms with van der Waals surface area (Å²) in [6.07, 6.45) is 2.11. The number of hydrogen-bond acceptors (Lipinski definition) is 3. The monoisotopic (exact) mass is 292 g/mol. The molecule has 0 spiro atoms. The highest BCUT2D eigenvalue weighted by Gasteiger charge is 2.42. The van der Waals surface area contributed by atoms with E-state index in [0.29, 0.717) is 12.5 Å². The number of nitrogens with one attached hydrogen (secondary N) is 2. The molecule has 5 nitrogen and oxygen atoms in total. The Bertz CT molecular complexity index is 462. The van der Waals surface area contributed by atoms with Gasteiger partial charge in [0.05, 0.1) is 24.8 Å². The predicted octanol–water partition coefficient (Wildman–Crippen LogP) is 1.83. The molecule has 0 aliphatic heterocycles. The van der Waals surface area contributed by atoms with Gasteiger partial charge in [-0.3, -0.25) is 0 Å². The Morgan fingerprint density at radius 1 is 1.43 bits per heavy atom. The first-order valence-electron chi connectivity index (χ1n) is 7.32. The SMILES string of the molecule is COCC(NC(=O)NC(C)(CO)C1CC1)c1ccccc1. The number of aliphatic hydroxyl groups is 1. The van der Waals surface area contributed by atoms with Gasteiger partial charge in [0, 0.05) is 7.11 Å². The number of benzene rings is 1. The van der Waals surface area contributed by atoms with Crippen molar-refractivity contribution in [3.05, 3.63) is 35.9 Å². The number of methoxy groups -OCH3 is 1. The fourth-order valence-corrected chi connectivity index (χ4v) is 2.52. The van der Waals surface area contributed by atoms with Gasteiger partial charge in [-0.15, -0.1) is 0 Å². The molecule has 0 saturated heterocycles. The Kier molecular flexibility index (Phi) is 5.20. The van der Waals surface area contributed by atoms with Crippen molar-refractivity contribution < 1.29 is 14.6 Å². The molecule has 0 aromatic heterocycles. The van der Waals surface area contributed by atoms with Crippen LogP contribution in [0.5, 0.6) is 0 Å². The summed E-state index contributed by atoms with van der Waals surface area (Å²) >= 11 is 0. The van der Waals surface area contributed by atoms with E-state index in [9.17, 15) is 9.90 Å². The normalized spacial score (nSPS) is 18.6. The summed E-state index contributed by atoms with van der Waals surface area (Å²) in [5.74, 6) is 0.367. The van der Waals surface area contributed by atoms with E-state index in [0.717, 1.165) is 18.4 Å². The first kappa shape index (κ1) is 15.8. The van der Waals surface area contributed by atoms with Gasteiger partial charge < -0.3 is 20.5 Å². The Hall–Kier alpha value is -1.59. The molecule has 2 amide bonds. The second-order valence-corrected chi connectivity index (χ2v) is 5.87. The predicted molar refractivity (Wildman–Crippen MR) is 80.9 cm³/mol. The number of carbonyl (C=O) groups is 1. The first-order valence-corrected chi connectivity index (χ1v) is 7.32. The molecule has 5 heteroatoms. The second kappa shape index (κ2) is 6.91. The van der Waals surface area contributed by atoms with Crippen LogP contribution < -0.4 is 10.6 Å². The maximum Gasteiger partial charge on any atom is 0.315 e. The topological polar surface area (TPSA) is 70.6 Å². The van der Waals surface area contributed by atoms with Crippen molar-refractivity contribution in [2.24, 2.45) is 5.92 Å². The molecule has 116 valence electrons. The summed E-state index contributed by atoms with van der Waals surface area (Å²) in [4.78, 5) is 12.2. The quantitative estimate of drug-likeness (QED) is 0.718. The van der Waals surface area contributed by atoms with Crippen molar-refractivity contribution in [2.45, 2.75) is 31.3 Å². The molecule has 2 atom stereocenters. The minimum absolute atomic E-state index is 0.0502. The lowest BCUT2D eigenvalue weighted by molar-refractivity contribution is 0.144. The van der Waals surface area contributed by atoms with Gasteiger partial charge >= 0.3 is 6.03 Å². The standard InChI is InChI=1S/C16H24N2O3/c1-16(11-19,13-8-9-13)18-15(20)17-14(10-21-2)12-6-4-3-5-7-12/h3-7,13-14,19H,8-11H2,1-2H3,(H2,17,18,20). The number of ether oxygens (including phenoxy) is 1. The van der Waals surface area contributed by atoms with Gasteiger partial charge in [-0.05, 0) is 31.2 Å². The van der Waals surface area contributed by atoms with Crippen LogP contribution in [-0.2, 0) is 4.74 Å². The molecule has 0 heterocycles. The summed E-state index contributed by atoms with van der Waals surface area (Å²) in [5.41, 5.74) is 0.449. The van der Waals surface area contributed by atoms with E-state index in [1.165, 1.54) is 0 Å². The zero-order valence-electron chi connectivity index (χ0n) is 12.6. The molecule has 3 N–H and O–H groups in total. The number of rotatable bonds is 7. The lowest BCUT2D eigenvalue weighted by Gasteiger charge is -2.30. The first-order chi connectivity index (χ1) is 10.1. The molecule has 1 aromatic carbocycles. The van der Waals surface area contributed by atoms with Gasteiger partial charge in [-0.2, -0.15) is 0 Å². The highest BCUT2D eigenvalue weighted by molar-refractivity contribution is 5.75. The van der Waals surface area contributed by atoms with Crippen LogP contribution in [0.2, 0.25) is 0 Å². The zero-order chi connectivity index (χ0) is 15.3. The van der Waals surface area contributed by atoms with Crippen molar-refractivity contribution in [2.75, 3.05) is 20.3 Å². The highest BCUT2D eigenvalue weighted by Crippen LogP contribution is 2.39. The van der Waals surface area contributed by atoms with Crippen molar-refractivity contribution in [1.29, 1.82) is 0 Å². The van der Waals surface area contributed by atoms with Gasteiger partial charge in [-0.1, -0.05) is 30.3 Å². The van der Waals surface area contributed by atoms with Crippen LogP contribution in [0.4, 0.5) is 4.79 Å². The number of amides is 2. The van der Waals surface area contributed by atoms with Crippen molar-refractivity contribution in [3.63, 3.8) is 0 Å². The van der Waals surface area contributed by atoms with E-state index in [4.69, 9.17) is 4.74 Å². The summed E-state index contributed by atoms with van der Waals surface area (Å²) in [6, 6.07) is 9.22. The third-order valence-corrected chi connectivity index (χ3v) is 4.05. The van der Waals surface area contributed by atoms with Crippen LogP contribution in [0.3, 0.4) is 0 Å².